The summed E-state index contributed by atoms with van der Waals surface area (Å²) in [5.74, 6) is 0.372. The molecule has 0 bridgehead atoms. The van der Waals surface area contributed by atoms with E-state index in [1.165, 1.54) is 6.92 Å². The van der Waals surface area contributed by atoms with Crippen molar-refractivity contribution >= 4 is 36.6 Å². The van der Waals surface area contributed by atoms with Crippen molar-refractivity contribution in [2.45, 2.75) is 82.1 Å². The van der Waals surface area contributed by atoms with Crippen molar-refractivity contribution in [2.75, 3.05) is 24.3 Å². The highest BCUT2D eigenvalue weighted by atomic mass is 31.2. The topological polar surface area (TPSA) is 156 Å². The zero-order valence-corrected chi connectivity index (χ0v) is 24.7. The molecule has 0 radical (unpaired) electrons. The maximum Gasteiger partial charge on any atom is 0.459 e. The van der Waals surface area contributed by atoms with Gasteiger partial charge < -0.3 is 29.2 Å². The molecule has 1 saturated heterocycles. The standard InChI is InChI=1S/C27H35FN7O6P/c1-15(2)39-25(36)16(3)33-42(37,41-18-8-6-5-7-9-18)38-13-19-12-27(28)21(22(27)40-19)35-14-30-20-23(34(4)17-10-11-17)31-26(29)32-24(20)35/h5-9,14-17,19,21-22H,10-13H2,1-4H3,(H,33,37)(H2,29,31,32)/t16-,19+,21?,22+,27+,42+/m1/s1. The average molecular weight is 604 g/mol. The van der Waals surface area contributed by atoms with Crippen molar-refractivity contribution in [1.82, 2.24) is 24.6 Å². The number of carbonyl (C=O) groups excluding carboxylic acids is 1. The molecule has 1 unspecified atom stereocenters. The molecule has 2 aliphatic carbocycles. The van der Waals surface area contributed by atoms with Gasteiger partial charge in [0, 0.05) is 19.5 Å². The molecule has 0 spiro atoms. The number of benzene rings is 1. The van der Waals surface area contributed by atoms with Gasteiger partial charge >= 0.3 is 13.7 Å². The fourth-order valence-corrected chi connectivity index (χ4v) is 6.90. The van der Waals surface area contributed by atoms with Gasteiger partial charge in [-0.05, 0) is 45.7 Å². The molecule has 42 heavy (non-hydrogen) atoms. The average Bonchev–Trinajstić information content (AvgIpc) is 3.79. The van der Waals surface area contributed by atoms with Gasteiger partial charge in [0.25, 0.3) is 0 Å². The van der Waals surface area contributed by atoms with Crippen LogP contribution < -0.4 is 20.2 Å². The highest BCUT2D eigenvalue weighted by Crippen LogP contribution is 2.62. The number of nitrogens with two attached hydrogens (primary N) is 1. The number of nitrogens with one attached hydrogen (secondary N) is 1. The molecule has 6 rings (SSSR count). The SMILES string of the molecule is CC(C)OC(=O)[C@@H](C)N[P@](=O)(OC[C@@H]1C[C@]2(F)C(n3cnc4c(N(C)C5CC5)nc(N)nc43)[C@@H]2O1)Oc1ccccc1. The van der Waals surface area contributed by atoms with E-state index in [1.54, 1.807) is 55.1 Å². The number of aromatic nitrogens is 4. The number of halogens is 1. The molecule has 226 valence electrons. The van der Waals surface area contributed by atoms with Crippen molar-refractivity contribution in [3.63, 3.8) is 0 Å². The van der Waals surface area contributed by atoms with Crippen LogP contribution in [-0.2, 0) is 23.4 Å². The van der Waals surface area contributed by atoms with E-state index in [9.17, 15) is 9.36 Å². The summed E-state index contributed by atoms with van der Waals surface area (Å²) in [6.45, 7) is 4.69. The number of anilines is 2. The van der Waals surface area contributed by atoms with Crippen molar-refractivity contribution in [1.29, 1.82) is 0 Å². The smallest absolute Gasteiger partial charge is 0.459 e. The second kappa shape index (κ2) is 10.7. The van der Waals surface area contributed by atoms with Crippen molar-refractivity contribution in [2.24, 2.45) is 0 Å². The molecule has 0 amide bonds. The van der Waals surface area contributed by atoms with Gasteiger partial charge in [0.15, 0.2) is 22.7 Å². The quantitative estimate of drug-likeness (QED) is 0.230. The van der Waals surface area contributed by atoms with Crippen molar-refractivity contribution in [3.05, 3.63) is 36.7 Å². The maximum atomic E-state index is 16.1. The lowest BCUT2D eigenvalue weighted by Crippen LogP contribution is -2.36. The minimum Gasteiger partial charge on any atom is -0.462 e. The van der Waals surface area contributed by atoms with E-state index >= 15 is 4.39 Å². The van der Waals surface area contributed by atoms with Crippen molar-refractivity contribution in [3.8, 4) is 5.75 Å². The van der Waals surface area contributed by atoms with E-state index in [0.29, 0.717) is 23.0 Å². The maximum absolute atomic E-state index is 16.1. The van der Waals surface area contributed by atoms with Crippen molar-refractivity contribution < 1.29 is 32.3 Å². The number of nitrogen functional groups attached to an aromatic ring is 1. The van der Waals surface area contributed by atoms with Gasteiger partial charge in [-0.25, -0.2) is 13.9 Å². The third-order valence-electron chi connectivity index (χ3n) is 7.63. The molecule has 3 aromatic rings. The number of hydrogen-bond donors (Lipinski definition) is 2. The molecule has 2 saturated carbocycles. The van der Waals surface area contributed by atoms with Crippen LogP contribution in [0.25, 0.3) is 11.2 Å². The van der Waals surface area contributed by atoms with Gasteiger partial charge in [0.2, 0.25) is 5.95 Å². The summed E-state index contributed by atoms with van der Waals surface area (Å²) in [6, 6.07) is 7.15. The molecule has 3 aliphatic rings. The number of hydrogen-bond acceptors (Lipinski definition) is 11. The number of para-hydroxylation sites is 1. The molecule has 3 N–H and O–H groups in total. The van der Waals surface area contributed by atoms with E-state index in [1.807, 2.05) is 11.9 Å². The predicted molar refractivity (Wildman–Crippen MR) is 152 cm³/mol. The van der Waals surface area contributed by atoms with Crippen LogP contribution in [0.15, 0.2) is 36.7 Å². The van der Waals surface area contributed by atoms with Gasteiger partial charge in [-0.2, -0.15) is 15.1 Å². The number of rotatable bonds is 12. The van der Waals surface area contributed by atoms with Gasteiger partial charge in [0.1, 0.15) is 23.9 Å². The van der Waals surface area contributed by atoms with E-state index in [2.05, 4.69) is 20.0 Å². The summed E-state index contributed by atoms with van der Waals surface area (Å²) in [5, 5.41) is 2.63. The zero-order valence-electron chi connectivity index (χ0n) is 23.8. The molecule has 6 atom stereocenters. The largest absolute Gasteiger partial charge is 0.462 e. The third-order valence-corrected chi connectivity index (χ3v) is 9.27. The summed E-state index contributed by atoms with van der Waals surface area (Å²) < 4.78 is 54.1. The lowest BCUT2D eigenvalue weighted by Gasteiger charge is -2.25. The van der Waals surface area contributed by atoms with Crippen LogP contribution in [0.4, 0.5) is 16.2 Å². The van der Waals surface area contributed by atoms with Crippen LogP contribution in [-0.4, -0.2) is 75.2 Å². The Morgan fingerprint density at radius 1 is 1.29 bits per heavy atom. The summed E-state index contributed by atoms with van der Waals surface area (Å²) in [6.07, 6.45) is 1.85. The van der Waals surface area contributed by atoms with Crippen LogP contribution in [0.3, 0.4) is 0 Å². The molecule has 1 aromatic carbocycles. The Balaban J connectivity index is 1.14. The van der Waals surface area contributed by atoms with Gasteiger partial charge in [-0.1, -0.05) is 18.2 Å². The molecule has 3 heterocycles. The predicted octanol–water partition coefficient (Wildman–Crippen LogP) is 3.56. The number of imidazole rings is 1. The second-order valence-corrected chi connectivity index (χ2v) is 13.1. The van der Waals surface area contributed by atoms with Crippen LogP contribution in [0.5, 0.6) is 5.75 Å². The minimum atomic E-state index is -4.10. The van der Waals surface area contributed by atoms with E-state index < -0.39 is 43.7 Å². The highest BCUT2D eigenvalue weighted by molar-refractivity contribution is 7.52. The van der Waals surface area contributed by atoms with Crippen LogP contribution in [0.1, 0.15) is 46.1 Å². The molecule has 1 aliphatic heterocycles. The van der Waals surface area contributed by atoms with Gasteiger partial charge in [-0.3, -0.25) is 9.32 Å². The molecule has 13 nitrogen and oxygen atoms in total. The highest BCUT2D eigenvalue weighted by Gasteiger charge is 2.74. The van der Waals surface area contributed by atoms with Crippen LogP contribution in [0, 0.1) is 0 Å². The third kappa shape index (κ3) is 5.56. The molecular formula is C27H35FN7O6P. The Kier molecular flexibility index (Phi) is 7.37. The summed E-state index contributed by atoms with van der Waals surface area (Å²) in [7, 11) is -2.16. The summed E-state index contributed by atoms with van der Waals surface area (Å²) in [5.41, 5.74) is 5.32. The first-order valence-corrected chi connectivity index (χ1v) is 15.6. The second-order valence-electron chi connectivity index (χ2n) is 11.4. The molecule has 3 fully saturated rings. The Bertz CT molecular complexity index is 1520. The van der Waals surface area contributed by atoms with Crippen LogP contribution >= 0.6 is 7.75 Å². The summed E-state index contributed by atoms with van der Waals surface area (Å²) in [4.78, 5) is 27.6. The van der Waals surface area contributed by atoms with E-state index in [4.69, 9.17) is 24.3 Å². The fraction of sp³-hybridized carbons (Fsp3) is 0.556. The van der Waals surface area contributed by atoms with Gasteiger partial charge in [0.05, 0.1) is 25.1 Å². The number of ether oxygens (including phenoxy) is 2. The Hall–Kier alpha value is -3.32. The number of alkyl halides is 1. The minimum absolute atomic E-state index is 0.00626. The van der Waals surface area contributed by atoms with E-state index in [0.717, 1.165) is 12.8 Å². The number of carbonyl (C=O) groups is 1. The lowest BCUT2D eigenvalue weighted by molar-refractivity contribution is -0.149. The lowest BCUT2D eigenvalue weighted by atomic mass is 10.2. The Morgan fingerprint density at radius 2 is 2.02 bits per heavy atom. The first-order chi connectivity index (χ1) is 20.0. The van der Waals surface area contributed by atoms with Gasteiger partial charge in [-0.15, -0.1) is 0 Å². The molecule has 2 aromatic heterocycles. The number of esters is 1. The zero-order chi connectivity index (χ0) is 29.8. The number of fused-ring (bicyclic) bond motifs is 2. The fourth-order valence-electron chi connectivity index (χ4n) is 5.38. The first kappa shape index (κ1) is 28.8. The monoisotopic (exact) mass is 603 g/mol. The van der Waals surface area contributed by atoms with Crippen LogP contribution in [0.2, 0.25) is 0 Å². The number of nitrogens with zero attached hydrogens (tertiary/aromatic N) is 5. The Labute approximate surface area is 242 Å². The molecular weight excluding hydrogens is 568 g/mol. The summed E-state index contributed by atoms with van der Waals surface area (Å²) >= 11 is 0. The molecule has 15 heteroatoms. The Morgan fingerprint density at radius 3 is 2.67 bits per heavy atom. The van der Waals surface area contributed by atoms with E-state index in [-0.39, 0.29) is 30.8 Å². The normalized spacial score (nSPS) is 27.0. The first-order valence-electron chi connectivity index (χ1n) is 14.0.